The molecule has 14 N–H and O–H groups in total. The summed E-state index contributed by atoms with van der Waals surface area (Å²) in [7, 11) is 0. The van der Waals surface area contributed by atoms with Gasteiger partial charge < -0.3 is 54.2 Å². The van der Waals surface area contributed by atoms with Crippen molar-refractivity contribution in [2.45, 2.75) is 56.3 Å². The van der Waals surface area contributed by atoms with E-state index in [1.54, 1.807) is 0 Å². The minimum atomic E-state index is -1.66. The Bertz CT molecular complexity index is 816. The molecule has 0 heterocycles. The highest BCUT2D eigenvalue weighted by Crippen LogP contribution is 2.04. The fourth-order valence-corrected chi connectivity index (χ4v) is 2.60. The highest BCUT2D eigenvalue weighted by atomic mass is 16.4. The van der Waals surface area contributed by atoms with E-state index in [0.717, 1.165) is 0 Å². The summed E-state index contributed by atoms with van der Waals surface area (Å²) in [5.41, 5.74) is 21.2. The molecule has 17 heteroatoms. The lowest BCUT2D eigenvalue weighted by molar-refractivity contribution is -0.143. The number of nitrogens with two attached hydrogens (primary N) is 4. The number of aliphatic hydroxyl groups is 1. The number of guanidine groups is 1. The number of aliphatic imine (C=N–C) groups is 1. The van der Waals surface area contributed by atoms with Crippen LogP contribution in [-0.4, -0.2) is 94.2 Å². The van der Waals surface area contributed by atoms with Crippen LogP contribution in [0.15, 0.2) is 4.99 Å². The Kier molecular flexibility index (Phi) is 14.0. The first-order valence-corrected chi connectivity index (χ1v) is 10.3. The number of rotatable bonds is 17. The average molecular weight is 505 g/mol. The largest absolute Gasteiger partial charge is 0.481 e. The summed E-state index contributed by atoms with van der Waals surface area (Å²) in [6.07, 6.45) is -1.30. The molecule has 0 fully saturated rings. The van der Waals surface area contributed by atoms with Crippen molar-refractivity contribution in [2.24, 2.45) is 27.9 Å². The molecule has 17 nitrogen and oxygen atoms in total. The molecule has 0 rings (SSSR count). The summed E-state index contributed by atoms with van der Waals surface area (Å²) in [6.45, 7) is -0.867. The van der Waals surface area contributed by atoms with Crippen molar-refractivity contribution in [1.29, 1.82) is 0 Å². The Hall–Kier alpha value is -3.99. The van der Waals surface area contributed by atoms with E-state index in [9.17, 15) is 28.8 Å². The standard InChI is InChI=1S/C18H32N8O9/c19-8(3-4-13(29)30)14(31)25-10(6-12(20)28)16(33)24-9(2-1-5-23-18(21)22)15(32)26-11(7-27)17(34)35/h8-11,27H,1-7,19H2,(H2,20,28)(H,24,33)(H,25,31)(H,26,32)(H,29,30)(H,34,35)(H4,21,22,23). The molecule has 0 aromatic rings. The lowest BCUT2D eigenvalue weighted by atomic mass is 10.1. The number of aliphatic hydroxyl groups excluding tert-OH is 1. The fraction of sp³-hybridized carbons (Fsp3) is 0.611. The van der Waals surface area contributed by atoms with Crippen LogP contribution in [0, 0.1) is 0 Å². The van der Waals surface area contributed by atoms with Gasteiger partial charge in [-0.1, -0.05) is 0 Å². The van der Waals surface area contributed by atoms with Gasteiger partial charge in [0.25, 0.3) is 0 Å². The van der Waals surface area contributed by atoms with Gasteiger partial charge in [0.2, 0.25) is 23.6 Å². The van der Waals surface area contributed by atoms with Gasteiger partial charge in [-0.05, 0) is 19.3 Å². The molecular formula is C18H32N8O9. The molecule has 0 aliphatic rings. The molecule has 0 bridgehead atoms. The van der Waals surface area contributed by atoms with Gasteiger partial charge in [0.05, 0.1) is 19.1 Å². The monoisotopic (exact) mass is 504 g/mol. The van der Waals surface area contributed by atoms with Crippen molar-refractivity contribution in [3.05, 3.63) is 0 Å². The number of aliphatic carboxylic acids is 2. The molecule has 0 aromatic carbocycles. The van der Waals surface area contributed by atoms with Crippen molar-refractivity contribution < 1.29 is 44.1 Å². The summed E-state index contributed by atoms with van der Waals surface area (Å²) in [6, 6.07) is -5.92. The molecule has 0 aliphatic carbocycles. The van der Waals surface area contributed by atoms with Crippen molar-refractivity contribution in [3.8, 4) is 0 Å². The molecule has 4 unspecified atom stereocenters. The molecule has 4 amide bonds. The van der Waals surface area contributed by atoms with Crippen molar-refractivity contribution in [1.82, 2.24) is 16.0 Å². The number of carboxylic acids is 2. The van der Waals surface area contributed by atoms with Crippen LogP contribution >= 0.6 is 0 Å². The number of carbonyl (C=O) groups excluding carboxylic acids is 4. The maximum atomic E-state index is 12.8. The Morgan fingerprint density at radius 1 is 0.800 bits per heavy atom. The highest BCUT2D eigenvalue weighted by Gasteiger charge is 2.30. The fourth-order valence-electron chi connectivity index (χ4n) is 2.60. The Balaban J connectivity index is 5.52. The van der Waals surface area contributed by atoms with E-state index < -0.39 is 79.2 Å². The molecule has 0 aromatic heterocycles. The molecule has 4 atom stereocenters. The van der Waals surface area contributed by atoms with Crippen LogP contribution < -0.4 is 38.9 Å². The van der Waals surface area contributed by atoms with Gasteiger partial charge in [0, 0.05) is 13.0 Å². The second-order valence-electron chi connectivity index (χ2n) is 7.36. The maximum Gasteiger partial charge on any atom is 0.328 e. The summed E-state index contributed by atoms with van der Waals surface area (Å²) in [5, 5.41) is 33.3. The number of carbonyl (C=O) groups is 6. The third-order valence-corrected chi connectivity index (χ3v) is 4.42. The van der Waals surface area contributed by atoms with Gasteiger partial charge in [0.1, 0.15) is 18.1 Å². The van der Waals surface area contributed by atoms with Gasteiger partial charge in [-0.3, -0.25) is 29.0 Å². The molecule has 0 spiro atoms. The van der Waals surface area contributed by atoms with Gasteiger partial charge in [0.15, 0.2) is 5.96 Å². The van der Waals surface area contributed by atoms with E-state index in [4.69, 9.17) is 38.3 Å². The highest BCUT2D eigenvalue weighted by molar-refractivity contribution is 5.96. The van der Waals surface area contributed by atoms with Gasteiger partial charge in [-0.25, -0.2) is 4.79 Å². The zero-order chi connectivity index (χ0) is 27.1. The number of carboxylic acid groups (broad SMARTS) is 2. The summed E-state index contributed by atoms with van der Waals surface area (Å²) >= 11 is 0. The van der Waals surface area contributed by atoms with E-state index in [2.05, 4.69) is 15.6 Å². The Labute approximate surface area is 199 Å². The summed E-state index contributed by atoms with van der Waals surface area (Å²) in [4.78, 5) is 74.4. The van der Waals surface area contributed by atoms with Crippen LogP contribution in [-0.2, 0) is 28.8 Å². The Morgan fingerprint density at radius 2 is 1.34 bits per heavy atom. The Morgan fingerprint density at radius 3 is 1.83 bits per heavy atom. The third kappa shape index (κ3) is 13.3. The first kappa shape index (κ1) is 31.0. The van der Waals surface area contributed by atoms with Crippen LogP contribution in [0.3, 0.4) is 0 Å². The third-order valence-electron chi connectivity index (χ3n) is 4.42. The lowest BCUT2D eigenvalue weighted by Crippen LogP contribution is -2.58. The summed E-state index contributed by atoms with van der Waals surface area (Å²) < 4.78 is 0. The van der Waals surface area contributed by atoms with Gasteiger partial charge in [-0.2, -0.15) is 0 Å². The number of nitrogens with zero attached hydrogens (tertiary/aromatic N) is 1. The lowest BCUT2D eigenvalue weighted by Gasteiger charge is -2.24. The van der Waals surface area contributed by atoms with Crippen LogP contribution in [0.4, 0.5) is 0 Å². The predicted molar refractivity (Wildman–Crippen MR) is 119 cm³/mol. The van der Waals surface area contributed by atoms with Crippen molar-refractivity contribution >= 4 is 41.5 Å². The number of hydrogen-bond donors (Lipinski definition) is 10. The van der Waals surface area contributed by atoms with E-state index in [-0.39, 0.29) is 31.8 Å². The zero-order valence-corrected chi connectivity index (χ0v) is 18.8. The summed E-state index contributed by atoms with van der Waals surface area (Å²) in [5.74, 6) is -6.87. The van der Waals surface area contributed by atoms with E-state index in [1.807, 2.05) is 5.32 Å². The van der Waals surface area contributed by atoms with E-state index in [1.165, 1.54) is 0 Å². The molecule has 198 valence electrons. The van der Waals surface area contributed by atoms with E-state index in [0.29, 0.717) is 0 Å². The average Bonchev–Trinajstić information content (AvgIpc) is 2.75. The number of primary amides is 1. The second kappa shape index (κ2) is 15.8. The minimum absolute atomic E-state index is 0.0597. The van der Waals surface area contributed by atoms with Crippen LogP contribution in [0.1, 0.15) is 32.1 Å². The van der Waals surface area contributed by atoms with Gasteiger partial charge >= 0.3 is 11.9 Å². The molecule has 0 saturated carbocycles. The first-order valence-electron chi connectivity index (χ1n) is 10.3. The topological polar surface area (TPSA) is 316 Å². The van der Waals surface area contributed by atoms with Crippen LogP contribution in [0.5, 0.6) is 0 Å². The number of nitrogens with one attached hydrogen (secondary N) is 3. The molecule has 0 saturated heterocycles. The maximum absolute atomic E-state index is 12.8. The van der Waals surface area contributed by atoms with Crippen molar-refractivity contribution in [2.75, 3.05) is 13.2 Å². The van der Waals surface area contributed by atoms with Crippen LogP contribution in [0.25, 0.3) is 0 Å². The molecule has 0 aliphatic heterocycles. The smallest absolute Gasteiger partial charge is 0.328 e. The predicted octanol–water partition coefficient (Wildman–Crippen LogP) is -5.36. The second-order valence-corrected chi connectivity index (χ2v) is 7.36. The molecular weight excluding hydrogens is 472 g/mol. The zero-order valence-electron chi connectivity index (χ0n) is 18.8. The number of hydrogen-bond acceptors (Lipinski definition) is 9. The first-order chi connectivity index (χ1) is 16.3. The normalized spacial score (nSPS) is 13.9. The minimum Gasteiger partial charge on any atom is -0.481 e. The van der Waals surface area contributed by atoms with Crippen molar-refractivity contribution in [3.63, 3.8) is 0 Å². The quantitative estimate of drug-likeness (QED) is 0.0504. The van der Waals surface area contributed by atoms with E-state index >= 15 is 0 Å². The number of amides is 4. The SMILES string of the molecule is NC(=O)CC(NC(=O)C(N)CCC(=O)O)C(=O)NC(CCCN=C(N)N)C(=O)NC(CO)C(=O)O. The van der Waals surface area contributed by atoms with Crippen LogP contribution in [0.2, 0.25) is 0 Å². The molecule has 35 heavy (non-hydrogen) atoms. The van der Waals surface area contributed by atoms with Gasteiger partial charge in [-0.15, -0.1) is 0 Å². The molecule has 0 radical (unpaired) electrons.